The van der Waals surface area contributed by atoms with Gasteiger partial charge in [-0.2, -0.15) is 13.2 Å². The lowest BCUT2D eigenvalue weighted by Crippen LogP contribution is -2.48. The summed E-state index contributed by atoms with van der Waals surface area (Å²) in [6.45, 7) is 6.77. The smallest absolute Gasteiger partial charge is 0.355 e. The average molecular weight is 344 g/mol. The van der Waals surface area contributed by atoms with Crippen LogP contribution in [0.1, 0.15) is 58.8 Å². The van der Waals surface area contributed by atoms with Crippen LogP contribution in [0.25, 0.3) is 0 Å². The maximum Gasteiger partial charge on any atom is 0.393 e. The highest BCUT2D eigenvalue weighted by Crippen LogP contribution is 2.34. The number of ketones is 2. The number of rotatable bonds is 4. The first-order chi connectivity index (χ1) is 11.0. The summed E-state index contributed by atoms with van der Waals surface area (Å²) in [6, 6.07) is -0.660. The molecule has 1 aromatic heterocycles. The van der Waals surface area contributed by atoms with Crippen LogP contribution in [0.5, 0.6) is 0 Å². The molecule has 0 saturated carbocycles. The minimum absolute atomic E-state index is 0.107. The van der Waals surface area contributed by atoms with Gasteiger partial charge in [0.2, 0.25) is 0 Å². The Morgan fingerprint density at radius 2 is 1.92 bits per heavy atom. The number of aryl methyl sites for hydroxylation is 1. The minimum Gasteiger partial charge on any atom is -0.355 e. The van der Waals surface area contributed by atoms with Gasteiger partial charge >= 0.3 is 6.18 Å². The van der Waals surface area contributed by atoms with E-state index in [2.05, 4.69) is 4.98 Å². The second-order valence-corrected chi connectivity index (χ2v) is 6.60. The summed E-state index contributed by atoms with van der Waals surface area (Å²) in [5, 5.41) is 0. The van der Waals surface area contributed by atoms with E-state index in [1.165, 1.54) is 6.92 Å². The molecule has 7 heteroatoms. The minimum atomic E-state index is -4.23. The van der Waals surface area contributed by atoms with Gasteiger partial charge in [0.05, 0.1) is 17.7 Å². The first-order valence-electron chi connectivity index (χ1n) is 8.09. The van der Waals surface area contributed by atoms with Gasteiger partial charge in [-0.05, 0) is 52.6 Å². The standard InChI is InChI=1S/C17H23F3N2O2/c1-9-14(12(4)23)10(2)21-15(9)16(24)11(3)22-7-5-6-13(8-22)17(18,19)20/h11,13,21H,5-8H2,1-4H3. The molecule has 1 saturated heterocycles. The van der Waals surface area contributed by atoms with Gasteiger partial charge in [-0.3, -0.25) is 14.5 Å². The van der Waals surface area contributed by atoms with E-state index >= 15 is 0 Å². The van der Waals surface area contributed by atoms with E-state index in [9.17, 15) is 22.8 Å². The Morgan fingerprint density at radius 3 is 2.42 bits per heavy atom. The summed E-state index contributed by atoms with van der Waals surface area (Å²) >= 11 is 0. The Balaban J connectivity index is 2.21. The molecule has 4 nitrogen and oxygen atoms in total. The van der Waals surface area contributed by atoms with Crippen LogP contribution in [-0.2, 0) is 0 Å². The number of nitrogens with zero attached hydrogens (tertiary/aromatic N) is 1. The Hall–Kier alpha value is -1.63. The fourth-order valence-corrected chi connectivity index (χ4v) is 3.52. The van der Waals surface area contributed by atoms with Crippen molar-refractivity contribution in [1.29, 1.82) is 0 Å². The van der Waals surface area contributed by atoms with Gasteiger partial charge in [0.15, 0.2) is 11.6 Å². The molecule has 1 aromatic rings. The summed E-state index contributed by atoms with van der Waals surface area (Å²) in [6.07, 6.45) is -3.71. The molecule has 1 aliphatic heterocycles. The number of aromatic amines is 1. The molecule has 2 unspecified atom stereocenters. The van der Waals surface area contributed by atoms with Crippen molar-refractivity contribution in [2.75, 3.05) is 13.1 Å². The zero-order chi connectivity index (χ0) is 18.2. The number of likely N-dealkylation sites (tertiary alicyclic amines) is 1. The molecule has 0 aromatic carbocycles. The van der Waals surface area contributed by atoms with Crippen LogP contribution in [0.3, 0.4) is 0 Å². The third kappa shape index (κ3) is 3.55. The number of Topliss-reactive ketones (excluding diaryl/α,β-unsaturated/α-hetero) is 2. The fraction of sp³-hybridized carbons (Fsp3) is 0.647. The quantitative estimate of drug-likeness (QED) is 0.848. The fourth-order valence-electron chi connectivity index (χ4n) is 3.52. The summed E-state index contributed by atoms with van der Waals surface area (Å²) in [7, 11) is 0. The van der Waals surface area contributed by atoms with Crippen LogP contribution in [0, 0.1) is 19.8 Å². The van der Waals surface area contributed by atoms with Gasteiger partial charge in [-0.25, -0.2) is 0 Å². The largest absolute Gasteiger partial charge is 0.393 e. The molecule has 134 valence electrons. The van der Waals surface area contributed by atoms with Crippen LogP contribution in [0.4, 0.5) is 13.2 Å². The lowest BCUT2D eigenvalue weighted by molar-refractivity contribution is -0.187. The first-order valence-corrected chi connectivity index (χ1v) is 8.09. The Labute approximate surface area is 139 Å². The molecule has 0 aliphatic carbocycles. The summed E-state index contributed by atoms with van der Waals surface area (Å²) in [5.74, 6) is -1.80. The second-order valence-electron chi connectivity index (χ2n) is 6.60. The number of aromatic nitrogens is 1. The number of H-pyrrole nitrogens is 1. The molecule has 0 bridgehead atoms. The highest BCUT2D eigenvalue weighted by Gasteiger charge is 2.43. The third-order valence-electron chi connectivity index (χ3n) is 4.88. The summed E-state index contributed by atoms with van der Waals surface area (Å²) in [5.41, 5.74) is 1.99. The molecular formula is C17H23F3N2O2. The number of carbonyl (C=O) groups is 2. The highest BCUT2D eigenvalue weighted by molar-refractivity contribution is 6.05. The lowest BCUT2D eigenvalue weighted by Gasteiger charge is -2.36. The lowest BCUT2D eigenvalue weighted by atomic mass is 9.94. The predicted molar refractivity (Wildman–Crippen MR) is 84.4 cm³/mol. The maximum absolute atomic E-state index is 13.0. The van der Waals surface area contributed by atoms with E-state index in [4.69, 9.17) is 0 Å². The van der Waals surface area contributed by atoms with Crippen molar-refractivity contribution >= 4 is 11.6 Å². The van der Waals surface area contributed by atoms with E-state index in [-0.39, 0.29) is 24.5 Å². The number of hydrogen-bond donors (Lipinski definition) is 1. The van der Waals surface area contributed by atoms with Gasteiger partial charge in [0, 0.05) is 17.8 Å². The first kappa shape index (κ1) is 18.7. The van der Waals surface area contributed by atoms with Gasteiger partial charge in [-0.15, -0.1) is 0 Å². The van der Waals surface area contributed by atoms with Crippen LogP contribution < -0.4 is 0 Å². The number of hydrogen-bond acceptors (Lipinski definition) is 3. The van der Waals surface area contributed by atoms with Crippen molar-refractivity contribution in [3.05, 3.63) is 22.5 Å². The van der Waals surface area contributed by atoms with Crippen molar-refractivity contribution in [2.24, 2.45) is 5.92 Å². The van der Waals surface area contributed by atoms with Gasteiger partial charge in [0.25, 0.3) is 0 Å². The Bertz CT molecular complexity index is 649. The number of halogens is 3. The van der Waals surface area contributed by atoms with Crippen LogP contribution in [0.15, 0.2) is 0 Å². The van der Waals surface area contributed by atoms with E-state index in [1.807, 2.05) is 0 Å². The van der Waals surface area contributed by atoms with E-state index in [0.29, 0.717) is 35.5 Å². The average Bonchev–Trinajstić information content (AvgIpc) is 2.80. The number of nitrogens with one attached hydrogen (secondary N) is 1. The Morgan fingerprint density at radius 1 is 1.29 bits per heavy atom. The van der Waals surface area contributed by atoms with E-state index < -0.39 is 18.1 Å². The van der Waals surface area contributed by atoms with Crippen LogP contribution >= 0.6 is 0 Å². The Kier molecular flexibility index (Phi) is 5.22. The molecule has 1 N–H and O–H groups in total. The third-order valence-corrected chi connectivity index (χ3v) is 4.88. The summed E-state index contributed by atoms with van der Waals surface area (Å²) in [4.78, 5) is 29.0. The van der Waals surface area contributed by atoms with E-state index in [1.54, 1.807) is 25.7 Å². The van der Waals surface area contributed by atoms with Crippen LogP contribution in [-0.4, -0.2) is 46.8 Å². The van der Waals surface area contributed by atoms with Crippen LogP contribution in [0.2, 0.25) is 0 Å². The zero-order valence-corrected chi connectivity index (χ0v) is 14.4. The molecular weight excluding hydrogens is 321 g/mol. The zero-order valence-electron chi connectivity index (χ0n) is 14.4. The number of carbonyl (C=O) groups excluding carboxylic acids is 2. The normalized spacial score (nSPS) is 20.9. The summed E-state index contributed by atoms with van der Waals surface area (Å²) < 4.78 is 38.9. The number of piperidine rings is 1. The van der Waals surface area contributed by atoms with Crippen molar-refractivity contribution in [3.8, 4) is 0 Å². The number of alkyl halides is 3. The van der Waals surface area contributed by atoms with Gasteiger partial charge in [-0.1, -0.05) is 0 Å². The molecule has 1 fully saturated rings. The molecule has 24 heavy (non-hydrogen) atoms. The van der Waals surface area contributed by atoms with Gasteiger partial charge < -0.3 is 4.98 Å². The van der Waals surface area contributed by atoms with Crippen molar-refractivity contribution < 1.29 is 22.8 Å². The molecule has 2 atom stereocenters. The van der Waals surface area contributed by atoms with Crippen molar-refractivity contribution in [3.63, 3.8) is 0 Å². The maximum atomic E-state index is 13.0. The molecule has 0 amide bonds. The molecule has 0 radical (unpaired) electrons. The molecule has 1 aliphatic rings. The van der Waals surface area contributed by atoms with Crippen molar-refractivity contribution in [1.82, 2.24) is 9.88 Å². The molecule has 2 heterocycles. The second kappa shape index (κ2) is 6.70. The monoisotopic (exact) mass is 344 g/mol. The molecule has 0 spiro atoms. The van der Waals surface area contributed by atoms with Crippen molar-refractivity contribution in [2.45, 2.75) is 52.8 Å². The highest BCUT2D eigenvalue weighted by atomic mass is 19.4. The van der Waals surface area contributed by atoms with E-state index in [0.717, 1.165) is 0 Å². The topological polar surface area (TPSA) is 53.2 Å². The SMILES string of the molecule is CC(=O)c1c(C)[nH]c(C(=O)C(C)N2CCCC(C(F)(F)F)C2)c1C. The van der Waals surface area contributed by atoms with Gasteiger partial charge in [0.1, 0.15) is 0 Å². The molecule has 2 rings (SSSR count). The predicted octanol–water partition coefficient (Wildman–Crippen LogP) is 3.68.